The molecule has 1 saturated heterocycles. The molecule has 1 amide bonds. The molecule has 0 saturated carbocycles. The molecule has 6 nitrogen and oxygen atoms in total. The van der Waals surface area contributed by atoms with Gasteiger partial charge in [-0.2, -0.15) is 0 Å². The van der Waals surface area contributed by atoms with Gasteiger partial charge in [-0.3, -0.25) is 9.20 Å². The lowest BCUT2D eigenvalue weighted by molar-refractivity contribution is 0.0738. The lowest BCUT2D eigenvalue weighted by atomic mass is 10.2. The number of fused-ring (bicyclic) bond motifs is 1. The Morgan fingerprint density at radius 1 is 1.14 bits per heavy atom. The zero-order valence-corrected chi connectivity index (χ0v) is 17.6. The molecule has 1 aliphatic heterocycles. The van der Waals surface area contributed by atoms with E-state index in [2.05, 4.69) is 31.9 Å². The number of pyridine rings is 1. The van der Waals surface area contributed by atoms with Crippen LogP contribution in [-0.4, -0.2) is 53.5 Å². The van der Waals surface area contributed by atoms with Gasteiger partial charge in [-0.25, -0.2) is 4.98 Å². The summed E-state index contributed by atoms with van der Waals surface area (Å²) in [7, 11) is 1.69. The van der Waals surface area contributed by atoms with E-state index in [9.17, 15) is 4.79 Å². The molecule has 28 heavy (non-hydrogen) atoms. The van der Waals surface area contributed by atoms with Crippen molar-refractivity contribution in [1.82, 2.24) is 14.3 Å². The number of aryl methyl sites for hydroxylation is 1. The molecule has 3 aromatic rings. The van der Waals surface area contributed by atoms with Gasteiger partial charge in [0, 0.05) is 36.8 Å². The summed E-state index contributed by atoms with van der Waals surface area (Å²) in [6, 6.07) is 11.9. The van der Waals surface area contributed by atoms with Crippen molar-refractivity contribution in [1.29, 1.82) is 0 Å². The summed E-state index contributed by atoms with van der Waals surface area (Å²) in [6.07, 6.45) is 2.64. The number of hydrogen-bond donors (Lipinski definition) is 0. The summed E-state index contributed by atoms with van der Waals surface area (Å²) in [5, 5.41) is 0. The summed E-state index contributed by atoms with van der Waals surface area (Å²) in [5.41, 5.74) is 3.39. The smallest absolute Gasteiger partial charge is 0.272 e. The summed E-state index contributed by atoms with van der Waals surface area (Å²) in [4.78, 5) is 22.2. The summed E-state index contributed by atoms with van der Waals surface area (Å²) in [5.74, 6) is 0.907. The fourth-order valence-electron chi connectivity index (χ4n) is 3.73. The Balaban J connectivity index is 1.56. The number of anilines is 1. The van der Waals surface area contributed by atoms with Crippen LogP contribution in [0.15, 0.2) is 47.1 Å². The fraction of sp³-hybridized carbons (Fsp3) is 0.333. The number of nitrogens with zero attached hydrogens (tertiary/aromatic N) is 4. The van der Waals surface area contributed by atoms with Crippen LogP contribution in [0.25, 0.3) is 5.65 Å². The molecule has 0 spiro atoms. The normalized spacial score (nSPS) is 14.5. The number of benzene rings is 1. The maximum atomic E-state index is 13.3. The topological polar surface area (TPSA) is 50.1 Å². The second kappa shape index (κ2) is 7.83. The van der Waals surface area contributed by atoms with Crippen LogP contribution in [0.2, 0.25) is 0 Å². The van der Waals surface area contributed by atoms with Gasteiger partial charge in [0.25, 0.3) is 5.91 Å². The Morgan fingerprint density at radius 2 is 1.89 bits per heavy atom. The minimum atomic E-state index is 0.0436. The van der Waals surface area contributed by atoms with E-state index in [1.165, 1.54) is 0 Å². The highest BCUT2D eigenvalue weighted by Gasteiger charge is 2.27. The maximum absolute atomic E-state index is 13.3. The largest absolute Gasteiger partial charge is 0.495 e. The zero-order valence-electron chi connectivity index (χ0n) is 16.1. The van der Waals surface area contributed by atoms with Crippen LogP contribution in [0.5, 0.6) is 5.75 Å². The quantitative estimate of drug-likeness (QED) is 0.618. The van der Waals surface area contributed by atoms with Crippen molar-refractivity contribution in [2.45, 2.75) is 13.3 Å². The minimum Gasteiger partial charge on any atom is -0.495 e. The molecule has 1 aromatic carbocycles. The number of methoxy groups -OCH3 is 1. The van der Waals surface area contributed by atoms with Crippen molar-refractivity contribution >= 4 is 33.2 Å². The van der Waals surface area contributed by atoms with Gasteiger partial charge in [0.05, 0.1) is 18.5 Å². The van der Waals surface area contributed by atoms with Crippen molar-refractivity contribution in [2.75, 3.05) is 38.2 Å². The average molecular weight is 443 g/mol. The maximum Gasteiger partial charge on any atom is 0.272 e. The number of ether oxygens (including phenoxy) is 1. The number of piperazine rings is 1. The van der Waals surface area contributed by atoms with E-state index in [1.54, 1.807) is 7.11 Å². The number of aromatic nitrogens is 2. The molecule has 3 heterocycles. The summed E-state index contributed by atoms with van der Waals surface area (Å²) >= 11 is 3.50. The summed E-state index contributed by atoms with van der Waals surface area (Å²) in [6.45, 7) is 4.91. The number of rotatable bonds is 4. The van der Waals surface area contributed by atoms with Crippen LogP contribution >= 0.6 is 15.9 Å². The van der Waals surface area contributed by atoms with Crippen LogP contribution in [0.4, 0.5) is 5.69 Å². The Kier molecular flexibility index (Phi) is 5.26. The van der Waals surface area contributed by atoms with Crippen molar-refractivity contribution in [3.8, 4) is 5.75 Å². The first-order chi connectivity index (χ1) is 13.6. The zero-order chi connectivity index (χ0) is 19.7. The van der Waals surface area contributed by atoms with E-state index >= 15 is 0 Å². The molecule has 7 heteroatoms. The standard InChI is InChI=1S/C21H23BrN4O2/c1-3-16-20(26-14-15(22)8-9-19(26)23-16)21(27)25-12-10-24(11-13-25)17-6-4-5-7-18(17)28-2/h4-9,14H,3,10-13H2,1-2H3. The highest BCUT2D eigenvalue weighted by Crippen LogP contribution is 2.29. The van der Waals surface area contributed by atoms with Gasteiger partial charge in [-0.05, 0) is 46.6 Å². The molecule has 0 atom stereocenters. The number of carbonyl (C=O) groups is 1. The third-order valence-electron chi connectivity index (χ3n) is 5.18. The second-order valence-electron chi connectivity index (χ2n) is 6.79. The Bertz CT molecular complexity index is 1010. The number of hydrogen-bond acceptors (Lipinski definition) is 4. The van der Waals surface area contributed by atoms with E-state index in [1.807, 2.05) is 52.8 Å². The van der Waals surface area contributed by atoms with Crippen LogP contribution in [-0.2, 0) is 6.42 Å². The van der Waals surface area contributed by atoms with Crippen LogP contribution < -0.4 is 9.64 Å². The van der Waals surface area contributed by atoms with Crippen LogP contribution in [0.3, 0.4) is 0 Å². The predicted molar refractivity (Wildman–Crippen MR) is 113 cm³/mol. The van der Waals surface area contributed by atoms with Gasteiger partial charge < -0.3 is 14.5 Å². The molecule has 1 aliphatic rings. The van der Waals surface area contributed by atoms with Gasteiger partial charge in [0.1, 0.15) is 17.1 Å². The number of halogens is 1. The molecule has 146 valence electrons. The van der Waals surface area contributed by atoms with Crippen LogP contribution in [0, 0.1) is 0 Å². The first kappa shape index (κ1) is 18.8. The lowest BCUT2D eigenvalue weighted by Gasteiger charge is -2.36. The predicted octanol–water partition coefficient (Wildman–Crippen LogP) is 3.63. The van der Waals surface area contributed by atoms with E-state index in [-0.39, 0.29) is 5.91 Å². The third-order valence-corrected chi connectivity index (χ3v) is 5.65. The van der Waals surface area contributed by atoms with Gasteiger partial charge in [0.15, 0.2) is 0 Å². The van der Waals surface area contributed by atoms with E-state index in [0.717, 1.165) is 46.8 Å². The molecule has 2 aromatic heterocycles. The van der Waals surface area contributed by atoms with E-state index in [4.69, 9.17) is 4.74 Å². The van der Waals surface area contributed by atoms with Gasteiger partial charge in [0.2, 0.25) is 0 Å². The second-order valence-corrected chi connectivity index (χ2v) is 7.70. The molecule has 0 aliphatic carbocycles. The molecule has 1 fully saturated rings. The molecular weight excluding hydrogens is 420 g/mol. The molecular formula is C21H23BrN4O2. The molecule has 0 unspecified atom stereocenters. The first-order valence-corrected chi connectivity index (χ1v) is 10.3. The SMILES string of the molecule is CCc1nc2ccc(Br)cn2c1C(=O)N1CCN(c2ccccc2OC)CC1. The molecule has 4 rings (SSSR count). The van der Waals surface area contributed by atoms with Gasteiger partial charge in [-0.1, -0.05) is 19.1 Å². The highest BCUT2D eigenvalue weighted by molar-refractivity contribution is 9.10. The van der Waals surface area contributed by atoms with Crippen molar-refractivity contribution in [3.63, 3.8) is 0 Å². The van der Waals surface area contributed by atoms with Gasteiger partial charge >= 0.3 is 0 Å². The fourth-order valence-corrected chi connectivity index (χ4v) is 4.07. The lowest BCUT2D eigenvalue weighted by Crippen LogP contribution is -2.49. The van der Waals surface area contributed by atoms with Crippen molar-refractivity contribution < 1.29 is 9.53 Å². The van der Waals surface area contributed by atoms with Gasteiger partial charge in [-0.15, -0.1) is 0 Å². The van der Waals surface area contributed by atoms with Crippen LogP contribution in [0.1, 0.15) is 23.1 Å². The third kappa shape index (κ3) is 3.35. The Hall–Kier alpha value is -2.54. The Morgan fingerprint density at radius 3 is 2.61 bits per heavy atom. The molecule has 0 bridgehead atoms. The first-order valence-electron chi connectivity index (χ1n) is 9.46. The van der Waals surface area contributed by atoms with E-state index in [0.29, 0.717) is 18.8 Å². The number of carbonyl (C=O) groups excluding carboxylic acids is 1. The molecule has 0 radical (unpaired) electrons. The minimum absolute atomic E-state index is 0.0436. The average Bonchev–Trinajstić information content (AvgIpc) is 3.11. The van der Waals surface area contributed by atoms with Crippen molar-refractivity contribution in [3.05, 3.63) is 58.5 Å². The highest BCUT2D eigenvalue weighted by atomic mass is 79.9. The van der Waals surface area contributed by atoms with Crippen molar-refractivity contribution in [2.24, 2.45) is 0 Å². The monoisotopic (exact) mass is 442 g/mol. The number of para-hydroxylation sites is 2. The molecule has 0 N–H and O–H groups in total. The number of imidazole rings is 1. The summed E-state index contributed by atoms with van der Waals surface area (Å²) < 4.78 is 8.31. The number of amides is 1. The van der Waals surface area contributed by atoms with E-state index < -0.39 is 0 Å². The Labute approximate surface area is 172 Å².